The first-order valence-corrected chi connectivity index (χ1v) is 18.2. The molecular formula is C38H70O2. The summed E-state index contributed by atoms with van der Waals surface area (Å²) >= 11 is 0. The number of unbranched alkanes of at least 4 members (excludes halogenated alkanes) is 24. The minimum absolute atomic E-state index is 0.823. The Bertz CT molecular complexity index is 590. The average molecular weight is 559 g/mol. The van der Waals surface area contributed by atoms with Crippen molar-refractivity contribution in [3.05, 3.63) is 23.8 Å². The van der Waals surface area contributed by atoms with E-state index in [1.807, 2.05) is 0 Å². The summed E-state index contributed by atoms with van der Waals surface area (Å²) in [5.74, 6) is 1.97. The van der Waals surface area contributed by atoms with Crippen molar-refractivity contribution in [3.63, 3.8) is 0 Å². The topological polar surface area (TPSA) is 18.5 Å². The number of aryl methyl sites for hydroxylation is 1. The molecule has 0 radical (unpaired) electrons. The summed E-state index contributed by atoms with van der Waals surface area (Å²) < 4.78 is 12.3. The van der Waals surface area contributed by atoms with Crippen LogP contribution >= 0.6 is 0 Å². The van der Waals surface area contributed by atoms with Crippen LogP contribution in [0.4, 0.5) is 0 Å². The predicted octanol–water partition coefficient (Wildman–Crippen LogP) is 13.2. The molecule has 1 rings (SSSR count). The summed E-state index contributed by atoms with van der Waals surface area (Å²) in [7, 11) is 0. The third kappa shape index (κ3) is 23.5. The fraction of sp³-hybridized carbons (Fsp3) is 0.842. The van der Waals surface area contributed by atoms with Crippen LogP contribution in [0.1, 0.15) is 193 Å². The van der Waals surface area contributed by atoms with Gasteiger partial charge in [-0.25, -0.2) is 0 Å². The quantitative estimate of drug-likeness (QED) is 0.0844. The largest absolute Gasteiger partial charge is 0.493 e. The summed E-state index contributed by atoms with van der Waals surface area (Å²) in [5.41, 5.74) is 1.31. The van der Waals surface area contributed by atoms with E-state index < -0.39 is 0 Å². The zero-order valence-electron chi connectivity index (χ0n) is 27.6. The highest BCUT2D eigenvalue weighted by Gasteiger charge is 2.04. The van der Waals surface area contributed by atoms with Crippen molar-refractivity contribution in [3.8, 4) is 11.5 Å². The minimum atomic E-state index is 0.823. The van der Waals surface area contributed by atoms with E-state index >= 15 is 0 Å². The van der Waals surface area contributed by atoms with Gasteiger partial charge in [0.25, 0.3) is 0 Å². The first-order valence-electron chi connectivity index (χ1n) is 18.2. The number of benzene rings is 1. The number of rotatable bonds is 31. The van der Waals surface area contributed by atoms with Crippen molar-refractivity contribution >= 4 is 0 Å². The summed E-state index contributed by atoms with van der Waals surface area (Å²) in [6, 6.07) is 6.49. The van der Waals surface area contributed by atoms with E-state index in [1.165, 1.54) is 160 Å². The normalized spacial score (nSPS) is 11.3. The standard InChI is InChI=1S/C38H70O2/c1-4-7-9-11-13-15-17-19-21-23-25-27-29-31-39-37-33-36(6-3)34-38(35-37)40-32-30-28-26-24-22-20-18-16-14-12-10-8-5-2/h33-35H,4-32H2,1-3H3. The van der Waals surface area contributed by atoms with Crippen molar-refractivity contribution in [2.24, 2.45) is 0 Å². The number of hydrogen-bond acceptors (Lipinski definition) is 2. The lowest BCUT2D eigenvalue weighted by molar-refractivity contribution is 0.289. The first kappa shape index (κ1) is 36.8. The molecule has 0 atom stereocenters. The van der Waals surface area contributed by atoms with Gasteiger partial charge in [-0.2, -0.15) is 0 Å². The summed E-state index contributed by atoms with van der Waals surface area (Å²) in [6.45, 7) is 8.44. The molecule has 0 spiro atoms. The van der Waals surface area contributed by atoms with E-state index in [0.717, 1.165) is 44.0 Å². The zero-order chi connectivity index (χ0) is 28.8. The van der Waals surface area contributed by atoms with Crippen LogP contribution in [-0.2, 0) is 6.42 Å². The zero-order valence-corrected chi connectivity index (χ0v) is 27.6. The Morgan fingerprint density at radius 3 is 0.900 bits per heavy atom. The van der Waals surface area contributed by atoms with Crippen LogP contribution in [0.15, 0.2) is 18.2 Å². The molecule has 0 heterocycles. The van der Waals surface area contributed by atoms with Crippen LogP contribution in [0.5, 0.6) is 11.5 Å². The number of ether oxygens (including phenoxy) is 2. The fourth-order valence-corrected chi connectivity index (χ4v) is 5.62. The van der Waals surface area contributed by atoms with E-state index in [4.69, 9.17) is 9.47 Å². The molecule has 234 valence electrons. The molecular weight excluding hydrogens is 488 g/mol. The smallest absolute Gasteiger partial charge is 0.123 e. The van der Waals surface area contributed by atoms with Crippen molar-refractivity contribution in [2.45, 2.75) is 194 Å². The second-order valence-electron chi connectivity index (χ2n) is 12.3. The molecule has 0 aromatic heterocycles. The molecule has 0 aliphatic heterocycles. The minimum Gasteiger partial charge on any atom is -0.493 e. The Morgan fingerprint density at radius 2 is 0.625 bits per heavy atom. The average Bonchev–Trinajstić information content (AvgIpc) is 2.97. The maximum absolute atomic E-state index is 6.13. The summed E-state index contributed by atoms with van der Waals surface area (Å²) in [6.07, 6.45) is 37.0. The van der Waals surface area contributed by atoms with Gasteiger partial charge in [-0.3, -0.25) is 0 Å². The summed E-state index contributed by atoms with van der Waals surface area (Å²) in [5, 5.41) is 0. The maximum Gasteiger partial charge on any atom is 0.123 e. The van der Waals surface area contributed by atoms with Crippen LogP contribution in [-0.4, -0.2) is 13.2 Å². The van der Waals surface area contributed by atoms with Crippen LogP contribution in [0.3, 0.4) is 0 Å². The van der Waals surface area contributed by atoms with Gasteiger partial charge >= 0.3 is 0 Å². The highest BCUT2D eigenvalue weighted by atomic mass is 16.5. The molecule has 0 saturated carbocycles. The summed E-state index contributed by atoms with van der Waals surface area (Å²) in [4.78, 5) is 0. The molecule has 40 heavy (non-hydrogen) atoms. The third-order valence-corrected chi connectivity index (χ3v) is 8.38. The lowest BCUT2D eigenvalue weighted by Crippen LogP contribution is -2.01. The Hall–Kier alpha value is -1.18. The highest BCUT2D eigenvalue weighted by Crippen LogP contribution is 2.24. The van der Waals surface area contributed by atoms with E-state index in [9.17, 15) is 0 Å². The molecule has 2 heteroatoms. The molecule has 0 aliphatic rings. The van der Waals surface area contributed by atoms with Gasteiger partial charge in [0.1, 0.15) is 11.5 Å². The Morgan fingerprint density at radius 1 is 0.350 bits per heavy atom. The number of hydrogen-bond donors (Lipinski definition) is 0. The van der Waals surface area contributed by atoms with Gasteiger partial charge in [-0.1, -0.05) is 175 Å². The first-order chi connectivity index (χ1) is 19.8. The highest BCUT2D eigenvalue weighted by molar-refractivity contribution is 5.38. The molecule has 0 bridgehead atoms. The predicted molar refractivity (Wildman–Crippen MR) is 178 cm³/mol. The van der Waals surface area contributed by atoms with E-state index in [-0.39, 0.29) is 0 Å². The Balaban J connectivity index is 2.01. The van der Waals surface area contributed by atoms with Crippen LogP contribution < -0.4 is 9.47 Å². The van der Waals surface area contributed by atoms with E-state index in [1.54, 1.807) is 0 Å². The second-order valence-corrected chi connectivity index (χ2v) is 12.3. The lowest BCUT2D eigenvalue weighted by Gasteiger charge is -2.12. The van der Waals surface area contributed by atoms with Crippen molar-refractivity contribution < 1.29 is 9.47 Å². The molecule has 0 aliphatic carbocycles. The van der Waals surface area contributed by atoms with Crippen LogP contribution in [0.25, 0.3) is 0 Å². The van der Waals surface area contributed by atoms with E-state index in [0.29, 0.717) is 0 Å². The Labute approximate surface area is 251 Å². The van der Waals surface area contributed by atoms with Crippen LogP contribution in [0, 0.1) is 0 Å². The van der Waals surface area contributed by atoms with Crippen molar-refractivity contribution in [1.82, 2.24) is 0 Å². The molecule has 0 fully saturated rings. The molecule has 0 saturated heterocycles. The fourth-order valence-electron chi connectivity index (χ4n) is 5.62. The second kappa shape index (κ2) is 29.3. The van der Waals surface area contributed by atoms with Gasteiger partial charge < -0.3 is 9.47 Å². The molecule has 0 amide bonds. The van der Waals surface area contributed by atoms with E-state index in [2.05, 4.69) is 39.0 Å². The Kier molecular flexibility index (Phi) is 27.0. The van der Waals surface area contributed by atoms with Gasteiger partial charge in [0, 0.05) is 6.07 Å². The monoisotopic (exact) mass is 559 g/mol. The molecule has 1 aromatic carbocycles. The van der Waals surface area contributed by atoms with Crippen molar-refractivity contribution in [1.29, 1.82) is 0 Å². The van der Waals surface area contributed by atoms with Gasteiger partial charge in [-0.05, 0) is 37.0 Å². The lowest BCUT2D eigenvalue weighted by atomic mass is 10.0. The maximum atomic E-state index is 6.13. The molecule has 0 N–H and O–H groups in total. The molecule has 2 nitrogen and oxygen atoms in total. The molecule has 1 aromatic rings. The van der Waals surface area contributed by atoms with Gasteiger partial charge in [0.2, 0.25) is 0 Å². The SMILES string of the molecule is CCCCCCCCCCCCCCCOc1cc(CC)cc(OCCCCCCCCCCCCCCC)c1. The van der Waals surface area contributed by atoms with Crippen LogP contribution in [0.2, 0.25) is 0 Å². The third-order valence-electron chi connectivity index (χ3n) is 8.38. The van der Waals surface area contributed by atoms with Gasteiger partial charge in [-0.15, -0.1) is 0 Å². The van der Waals surface area contributed by atoms with Gasteiger partial charge in [0.15, 0.2) is 0 Å². The van der Waals surface area contributed by atoms with Gasteiger partial charge in [0.05, 0.1) is 13.2 Å². The molecule has 0 unspecified atom stereocenters. The van der Waals surface area contributed by atoms with Crippen molar-refractivity contribution in [2.75, 3.05) is 13.2 Å².